The zero-order valence-corrected chi connectivity index (χ0v) is 14.5. The van der Waals surface area contributed by atoms with E-state index in [1.165, 1.54) is 4.31 Å². The Labute approximate surface area is 125 Å². The van der Waals surface area contributed by atoms with Crippen molar-refractivity contribution in [1.82, 2.24) is 19.2 Å². The Balaban J connectivity index is 3.88. The summed E-state index contributed by atoms with van der Waals surface area (Å²) in [5.74, 6) is 0. The van der Waals surface area contributed by atoms with E-state index in [-0.39, 0.29) is 0 Å². The van der Waals surface area contributed by atoms with Crippen LogP contribution in [-0.2, 0) is 10.2 Å². The van der Waals surface area contributed by atoms with Crippen LogP contribution in [0.1, 0.15) is 33.6 Å². The molecule has 0 amide bonds. The van der Waals surface area contributed by atoms with Crippen molar-refractivity contribution in [3.05, 3.63) is 0 Å². The van der Waals surface area contributed by atoms with Crippen molar-refractivity contribution < 1.29 is 8.42 Å². The summed E-state index contributed by atoms with van der Waals surface area (Å²) in [7, 11) is 0.339. The highest BCUT2D eigenvalue weighted by molar-refractivity contribution is 7.87. The number of rotatable bonds is 12. The fraction of sp³-hybridized carbons (Fsp3) is 1.00. The lowest BCUT2D eigenvalue weighted by Crippen LogP contribution is -2.40. The summed E-state index contributed by atoms with van der Waals surface area (Å²) >= 11 is 0. The van der Waals surface area contributed by atoms with E-state index in [2.05, 4.69) is 28.8 Å². The molecule has 0 aromatic rings. The van der Waals surface area contributed by atoms with Crippen LogP contribution in [0.2, 0.25) is 0 Å². The van der Waals surface area contributed by atoms with Gasteiger partial charge in [0.05, 0.1) is 0 Å². The van der Waals surface area contributed by atoms with Crippen molar-refractivity contribution in [3.63, 3.8) is 0 Å². The molecule has 0 aromatic heterocycles. The highest BCUT2D eigenvalue weighted by Gasteiger charge is 2.16. The van der Waals surface area contributed by atoms with E-state index in [0.29, 0.717) is 19.1 Å². The Morgan fingerprint density at radius 3 is 2.20 bits per heavy atom. The smallest absolute Gasteiger partial charge is 0.279 e. The highest BCUT2D eigenvalue weighted by atomic mass is 32.2. The summed E-state index contributed by atoms with van der Waals surface area (Å²) in [6.07, 6.45) is 1.64. The molecule has 20 heavy (non-hydrogen) atoms. The lowest BCUT2D eigenvalue weighted by atomic mass is 10.3. The molecule has 0 rings (SSSR count). The van der Waals surface area contributed by atoms with Crippen LogP contribution in [0.5, 0.6) is 0 Å². The van der Waals surface area contributed by atoms with Crippen LogP contribution in [0.3, 0.4) is 0 Å². The van der Waals surface area contributed by atoms with Gasteiger partial charge in [0.1, 0.15) is 0 Å². The molecule has 0 heterocycles. The van der Waals surface area contributed by atoms with E-state index in [9.17, 15) is 8.42 Å². The third-order valence-corrected chi connectivity index (χ3v) is 4.91. The van der Waals surface area contributed by atoms with Gasteiger partial charge < -0.3 is 10.2 Å². The van der Waals surface area contributed by atoms with Crippen LogP contribution in [0, 0.1) is 0 Å². The lowest BCUT2D eigenvalue weighted by molar-refractivity contribution is 0.271. The van der Waals surface area contributed by atoms with Crippen molar-refractivity contribution in [1.29, 1.82) is 0 Å². The van der Waals surface area contributed by atoms with E-state index >= 15 is 0 Å². The van der Waals surface area contributed by atoms with Gasteiger partial charge in [0.25, 0.3) is 10.2 Å². The van der Waals surface area contributed by atoms with Crippen LogP contribution >= 0.6 is 0 Å². The molecule has 0 aromatic carbocycles. The maximum atomic E-state index is 12.0. The molecule has 0 saturated heterocycles. The quantitative estimate of drug-likeness (QED) is 0.515. The third-order valence-electron chi connectivity index (χ3n) is 3.34. The van der Waals surface area contributed by atoms with E-state index in [0.717, 1.165) is 32.5 Å². The number of hydrogen-bond donors (Lipinski definition) is 2. The Hall–Kier alpha value is -0.210. The minimum Gasteiger partial charge on any atom is -0.317 e. The van der Waals surface area contributed by atoms with E-state index in [1.807, 2.05) is 14.0 Å². The van der Waals surface area contributed by atoms with Gasteiger partial charge in [-0.2, -0.15) is 12.7 Å². The van der Waals surface area contributed by atoms with E-state index in [1.54, 1.807) is 7.05 Å². The molecule has 0 atom stereocenters. The van der Waals surface area contributed by atoms with Crippen LogP contribution in [-0.4, -0.2) is 70.5 Å². The summed E-state index contributed by atoms with van der Waals surface area (Å²) in [4.78, 5) is 2.20. The fourth-order valence-corrected chi connectivity index (χ4v) is 2.61. The average Bonchev–Trinajstić information content (AvgIpc) is 2.39. The summed E-state index contributed by atoms with van der Waals surface area (Å²) < 4.78 is 27.9. The first-order chi connectivity index (χ1) is 9.31. The van der Waals surface area contributed by atoms with E-state index in [4.69, 9.17) is 0 Å². The van der Waals surface area contributed by atoms with Crippen LogP contribution in [0.25, 0.3) is 0 Å². The molecular weight excluding hydrogens is 276 g/mol. The van der Waals surface area contributed by atoms with E-state index < -0.39 is 10.2 Å². The van der Waals surface area contributed by atoms with Gasteiger partial charge >= 0.3 is 0 Å². The Morgan fingerprint density at radius 2 is 1.65 bits per heavy atom. The van der Waals surface area contributed by atoms with Crippen LogP contribution in [0.4, 0.5) is 0 Å². The summed E-state index contributed by atoms with van der Waals surface area (Å²) in [5.41, 5.74) is 0. The molecule has 0 aliphatic heterocycles. The topological polar surface area (TPSA) is 64.7 Å². The second kappa shape index (κ2) is 10.5. The van der Waals surface area contributed by atoms with Gasteiger partial charge in [0.15, 0.2) is 0 Å². The number of nitrogens with zero attached hydrogens (tertiary/aromatic N) is 2. The molecule has 7 heteroatoms. The molecule has 0 aliphatic carbocycles. The minimum atomic E-state index is -3.33. The Bertz CT molecular complexity index is 333. The standard InChI is InChI=1S/C13H32N4O2S/c1-6-14-9-7-12-17(5)20(18,19)15-10-8-11-16(4)13(2)3/h13-15H,6-12H2,1-5H3. The molecule has 0 aliphatic rings. The minimum absolute atomic E-state index is 0.483. The molecule has 0 spiro atoms. The first kappa shape index (κ1) is 19.8. The van der Waals surface area contributed by atoms with Crippen molar-refractivity contribution in [2.45, 2.75) is 39.7 Å². The molecule has 0 bridgehead atoms. The molecule has 122 valence electrons. The lowest BCUT2D eigenvalue weighted by Gasteiger charge is -2.21. The number of nitrogens with one attached hydrogen (secondary N) is 2. The summed E-state index contributed by atoms with van der Waals surface area (Å²) in [5, 5.41) is 3.18. The molecular formula is C13H32N4O2S. The average molecular weight is 308 g/mol. The summed E-state index contributed by atoms with van der Waals surface area (Å²) in [6, 6.07) is 0.486. The van der Waals surface area contributed by atoms with Gasteiger partial charge in [-0.15, -0.1) is 0 Å². The summed E-state index contributed by atoms with van der Waals surface area (Å²) in [6.45, 7) is 9.96. The molecule has 0 unspecified atom stereocenters. The highest BCUT2D eigenvalue weighted by Crippen LogP contribution is 1.98. The molecule has 0 radical (unpaired) electrons. The van der Waals surface area contributed by atoms with Gasteiger partial charge in [-0.3, -0.25) is 0 Å². The molecule has 0 saturated carbocycles. The first-order valence-corrected chi connectivity index (χ1v) is 8.87. The SMILES string of the molecule is CCNCCCN(C)S(=O)(=O)NCCCN(C)C(C)C. The van der Waals surface area contributed by atoms with Crippen LogP contribution < -0.4 is 10.0 Å². The number of hydrogen-bond acceptors (Lipinski definition) is 4. The van der Waals surface area contributed by atoms with Gasteiger partial charge in [0.2, 0.25) is 0 Å². The van der Waals surface area contributed by atoms with Gasteiger partial charge in [0, 0.05) is 26.2 Å². The predicted octanol–water partition coefficient (Wildman–Crippen LogP) is 0.483. The molecule has 6 nitrogen and oxygen atoms in total. The van der Waals surface area contributed by atoms with Crippen LogP contribution in [0.15, 0.2) is 0 Å². The molecule has 0 fully saturated rings. The normalized spacial score (nSPS) is 12.8. The largest absolute Gasteiger partial charge is 0.317 e. The fourth-order valence-electron chi connectivity index (χ4n) is 1.62. The van der Waals surface area contributed by atoms with Gasteiger partial charge in [-0.25, -0.2) is 4.72 Å². The maximum absolute atomic E-state index is 12.0. The van der Waals surface area contributed by atoms with Crippen molar-refractivity contribution >= 4 is 10.2 Å². The Kier molecular flexibility index (Phi) is 10.4. The third kappa shape index (κ3) is 8.86. The second-order valence-corrected chi connectivity index (χ2v) is 7.22. The maximum Gasteiger partial charge on any atom is 0.279 e. The second-order valence-electron chi connectivity index (χ2n) is 5.36. The Morgan fingerprint density at radius 1 is 1.05 bits per heavy atom. The molecule has 2 N–H and O–H groups in total. The zero-order valence-electron chi connectivity index (χ0n) is 13.6. The van der Waals surface area contributed by atoms with Crippen molar-refractivity contribution in [2.75, 3.05) is 46.8 Å². The monoisotopic (exact) mass is 308 g/mol. The van der Waals surface area contributed by atoms with Gasteiger partial charge in [-0.1, -0.05) is 6.92 Å². The van der Waals surface area contributed by atoms with Gasteiger partial charge in [-0.05, 0) is 53.4 Å². The van der Waals surface area contributed by atoms with Crippen molar-refractivity contribution in [2.24, 2.45) is 0 Å². The zero-order chi connectivity index (χ0) is 15.6. The predicted molar refractivity (Wildman–Crippen MR) is 85.1 cm³/mol. The first-order valence-electron chi connectivity index (χ1n) is 7.43. The van der Waals surface area contributed by atoms with Crippen molar-refractivity contribution in [3.8, 4) is 0 Å².